The number of aliphatic hydroxyl groups excluding tert-OH is 1. The van der Waals surface area contributed by atoms with E-state index in [-0.39, 0.29) is 19.1 Å². The Hall–Kier alpha value is -0.760. The maximum absolute atomic E-state index is 12.7. The fourth-order valence-electron chi connectivity index (χ4n) is 6.62. The second kappa shape index (κ2) is 36.9. The Morgan fingerprint density at radius 1 is 0.642 bits per heavy atom. The first-order valence-electron chi connectivity index (χ1n) is 22.6. The van der Waals surface area contributed by atoms with Crippen molar-refractivity contribution in [2.75, 3.05) is 40.9 Å². The summed E-state index contributed by atoms with van der Waals surface area (Å²) in [6, 6.07) is -0.878. The highest BCUT2D eigenvalue weighted by Gasteiger charge is 2.23. The van der Waals surface area contributed by atoms with E-state index in [1.54, 1.807) is 6.08 Å². The van der Waals surface area contributed by atoms with Crippen molar-refractivity contribution in [3.63, 3.8) is 0 Å². The van der Waals surface area contributed by atoms with Crippen molar-refractivity contribution in [2.24, 2.45) is 0 Å². The highest BCUT2D eigenvalue weighted by Crippen LogP contribution is 2.38. The molecule has 0 aromatic heterocycles. The Morgan fingerprint density at radius 2 is 1.02 bits per heavy atom. The fourth-order valence-corrected chi connectivity index (χ4v) is 7.35. The molecule has 316 valence electrons. The standard InChI is InChI=1S/C44H89N2O6P/c1-6-8-10-12-14-15-16-17-18-19-20-21-22-23-24-25-26-27-28-29-30-32-33-35-37-43(47)42(41-52-53(49,50)51-40-39-46(3,4)5)45-44(48)38-36-34-31-13-11-9-7-2/h35,37,42-43,47H,6-34,36,38-41H2,1-5H3,(H-,45,48,49,50)/b37-35+. The molecular weight excluding hydrogens is 683 g/mol. The van der Waals surface area contributed by atoms with Gasteiger partial charge in [0.2, 0.25) is 5.91 Å². The molecule has 0 aliphatic carbocycles. The zero-order valence-corrected chi connectivity index (χ0v) is 36.6. The first kappa shape index (κ1) is 52.2. The van der Waals surface area contributed by atoms with Gasteiger partial charge in [0.15, 0.2) is 0 Å². The number of phosphoric acid groups is 1. The summed E-state index contributed by atoms with van der Waals surface area (Å²) < 4.78 is 23.1. The molecule has 3 atom stereocenters. The Bertz CT molecular complexity index is 880. The van der Waals surface area contributed by atoms with Gasteiger partial charge in [0.05, 0.1) is 39.9 Å². The number of nitrogens with zero attached hydrogens (tertiary/aromatic N) is 1. The second-order valence-electron chi connectivity index (χ2n) is 16.8. The van der Waals surface area contributed by atoms with Gasteiger partial charge in [-0.3, -0.25) is 9.36 Å². The van der Waals surface area contributed by atoms with Crippen LogP contribution in [0.3, 0.4) is 0 Å². The summed E-state index contributed by atoms with van der Waals surface area (Å²) in [5.74, 6) is -0.203. The van der Waals surface area contributed by atoms with Gasteiger partial charge >= 0.3 is 0 Å². The van der Waals surface area contributed by atoms with Gasteiger partial charge in [0.25, 0.3) is 7.82 Å². The number of nitrogens with one attached hydrogen (secondary N) is 1. The van der Waals surface area contributed by atoms with E-state index >= 15 is 0 Å². The van der Waals surface area contributed by atoms with Gasteiger partial charge in [0.1, 0.15) is 13.2 Å². The lowest BCUT2D eigenvalue weighted by Crippen LogP contribution is -2.45. The van der Waals surface area contributed by atoms with Crippen molar-refractivity contribution >= 4 is 13.7 Å². The summed E-state index contributed by atoms with van der Waals surface area (Å²) in [6.45, 7) is 4.61. The number of allylic oxidation sites excluding steroid dienone is 1. The molecule has 0 rings (SSSR count). The molecule has 3 unspecified atom stereocenters. The molecule has 0 aliphatic rings. The maximum Gasteiger partial charge on any atom is 0.268 e. The number of likely N-dealkylation sites (N-methyl/N-ethyl adjacent to an activating group) is 1. The molecule has 0 aromatic carbocycles. The minimum atomic E-state index is -4.57. The van der Waals surface area contributed by atoms with Gasteiger partial charge < -0.3 is 28.8 Å². The molecule has 0 saturated heterocycles. The van der Waals surface area contributed by atoms with Gasteiger partial charge in [-0.2, -0.15) is 0 Å². The summed E-state index contributed by atoms with van der Waals surface area (Å²) in [6.07, 6.45) is 41.5. The minimum Gasteiger partial charge on any atom is -0.756 e. The average Bonchev–Trinajstić information content (AvgIpc) is 3.10. The molecule has 9 heteroatoms. The predicted octanol–water partition coefficient (Wildman–Crippen LogP) is 11.7. The molecule has 0 radical (unpaired) electrons. The average molecular weight is 773 g/mol. The quantitative estimate of drug-likeness (QED) is 0.0277. The predicted molar refractivity (Wildman–Crippen MR) is 224 cm³/mol. The van der Waals surface area contributed by atoms with E-state index in [4.69, 9.17) is 9.05 Å². The summed E-state index contributed by atoms with van der Waals surface area (Å²) in [4.78, 5) is 25.1. The van der Waals surface area contributed by atoms with E-state index in [1.807, 2.05) is 27.2 Å². The number of amides is 1. The molecular formula is C44H89N2O6P. The topological polar surface area (TPSA) is 108 Å². The van der Waals surface area contributed by atoms with Crippen LogP contribution in [0.5, 0.6) is 0 Å². The van der Waals surface area contributed by atoms with Crippen LogP contribution in [-0.2, 0) is 18.4 Å². The van der Waals surface area contributed by atoms with Crippen LogP contribution in [0.15, 0.2) is 12.2 Å². The number of hydrogen-bond donors (Lipinski definition) is 2. The Kier molecular flexibility index (Phi) is 36.3. The van der Waals surface area contributed by atoms with Crippen LogP contribution in [0.2, 0.25) is 0 Å². The van der Waals surface area contributed by atoms with Crippen LogP contribution >= 0.6 is 7.82 Å². The number of phosphoric ester groups is 1. The lowest BCUT2D eigenvalue weighted by atomic mass is 10.0. The highest BCUT2D eigenvalue weighted by molar-refractivity contribution is 7.45. The van der Waals surface area contributed by atoms with Crippen LogP contribution in [0.25, 0.3) is 0 Å². The van der Waals surface area contributed by atoms with E-state index in [1.165, 1.54) is 154 Å². The lowest BCUT2D eigenvalue weighted by molar-refractivity contribution is -0.870. The number of hydrogen-bond acceptors (Lipinski definition) is 6. The van der Waals surface area contributed by atoms with Crippen LogP contribution in [-0.4, -0.2) is 68.5 Å². The molecule has 0 saturated carbocycles. The summed E-state index contributed by atoms with van der Waals surface area (Å²) in [7, 11) is 1.27. The molecule has 0 fully saturated rings. The Balaban J connectivity index is 4.15. The van der Waals surface area contributed by atoms with Gasteiger partial charge in [-0.1, -0.05) is 199 Å². The fraction of sp³-hybridized carbons (Fsp3) is 0.932. The third kappa shape index (κ3) is 39.3. The lowest BCUT2D eigenvalue weighted by Gasteiger charge is -2.29. The zero-order valence-electron chi connectivity index (χ0n) is 35.7. The monoisotopic (exact) mass is 773 g/mol. The molecule has 0 aromatic rings. The van der Waals surface area contributed by atoms with E-state index < -0.39 is 20.0 Å². The summed E-state index contributed by atoms with van der Waals surface area (Å²) in [5, 5.41) is 13.7. The number of carbonyl (C=O) groups is 1. The van der Waals surface area contributed by atoms with Crippen molar-refractivity contribution in [3.05, 3.63) is 12.2 Å². The number of unbranched alkanes of at least 4 members (excludes halogenated alkanes) is 28. The Labute approximate surface area is 329 Å². The molecule has 8 nitrogen and oxygen atoms in total. The molecule has 2 N–H and O–H groups in total. The van der Waals surface area contributed by atoms with Crippen LogP contribution in [0, 0.1) is 0 Å². The van der Waals surface area contributed by atoms with Crippen molar-refractivity contribution < 1.29 is 32.9 Å². The number of aliphatic hydroxyl groups is 1. The smallest absolute Gasteiger partial charge is 0.268 e. The van der Waals surface area contributed by atoms with Crippen LogP contribution in [0.4, 0.5) is 0 Å². The zero-order chi connectivity index (χ0) is 39.3. The molecule has 0 spiro atoms. The van der Waals surface area contributed by atoms with Crippen molar-refractivity contribution in [2.45, 2.75) is 225 Å². The molecule has 1 amide bonds. The third-order valence-corrected chi connectivity index (χ3v) is 11.2. The first-order chi connectivity index (χ1) is 25.5. The van der Waals surface area contributed by atoms with Gasteiger partial charge in [-0.15, -0.1) is 0 Å². The minimum absolute atomic E-state index is 0.00154. The highest BCUT2D eigenvalue weighted by atomic mass is 31.2. The first-order valence-corrected chi connectivity index (χ1v) is 24.0. The van der Waals surface area contributed by atoms with Crippen molar-refractivity contribution in [1.29, 1.82) is 0 Å². The van der Waals surface area contributed by atoms with Gasteiger partial charge in [-0.05, 0) is 19.3 Å². The molecule has 0 bridgehead atoms. The largest absolute Gasteiger partial charge is 0.756 e. The molecule has 53 heavy (non-hydrogen) atoms. The van der Waals surface area contributed by atoms with Crippen LogP contribution in [0.1, 0.15) is 213 Å². The number of quaternary nitrogens is 1. The van der Waals surface area contributed by atoms with Crippen LogP contribution < -0.4 is 10.2 Å². The van der Waals surface area contributed by atoms with Crippen molar-refractivity contribution in [1.82, 2.24) is 5.32 Å². The SMILES string of the molecule is CCCCCCCCCCCCCCCCCCCCCCCC/C=C/C(O)C(COP(=O)([O-])OCC[N+](C)(C)C)NC(=O)CCCCCCCCC. The number of carbonyl (C=O) groups excluding carboxylic acids is 1. The third-order valence-electron chi connectivity index (χ3n) is 10.2. The van der Waals surface area contributed by atoms with E-state index in [2.05, 4.69) is 19.2 Å². The van der Waals surface area contributed by atoms with Crippen molar-refractivity contribution in [3.8, 4) is 0 Å². The van der Waals surface area contributed by atoms with Gasteiger partial charge in [0, 0.05) is 6.42 Å². The van der Waals surface area contributed by atoms with E-state index in [9.17, 15) is 19.4 Å². The van der Waals surface area contributed by atoms with E-state index in [0.717, 1.165) is 38.5 Å². The molecule has 0 heterocycles. The normalized spacial score (nSPS) is 14.5. The summed E-state index contributed by atoms with van der Waals surface area (Å²) >= 11 is 0. The van der Waals surface area contributed by atoms with Gasteiger partial charge in [-0.25, -0.2) is 0 Å². The molecule has 0 aliphatic heterocycles. The van der Waals surface area contributed by atoms with E-state index in [0.29, 0.717) is 17.4 Å². The summed E-state index contributed by atoms with van der Waals surface area (Å²) in [5.41, 5.74) is 0. The maximum atomic E-state index is 12.7. The Morgan fingerprint density at radius 3 is 1.42 bits per heavy atom. The number of rotatable bonds is 41. The second-order valence-corrected chi connectivity index (χ2v) is 18.2.